The summed E-state index contributed by atoms with van der Waals surface area (Å²) in [6.45, 7) is 9.90. The van der Waals surface area contributed by atoms with Crippen LogP contribution in [0, 0.1) is 17.8 Å². The third kappa shape index (κ3) is 9.12. The van der Waals surface area contributed by atoms with E-state index in [-0.39, 0.29) is 12.1 Å². The second kappa shape index (κ2) is 14.8. The molecule has 5 nitrogen and oxygen atoms in total. The lowest BCUT2D eigenvalue weighted by molar-refractivity contribution is -0.167. The van der Waals surface area contributed by atoms with Gasteiger partial charge in [-0.05, 0) is 43.2 Å². The molecule has 5 heteroatoms. The van der Waals surface area contributed by atoms with Crippen molar-refractivity contribution in [2.24, 2.45) is 5.92 Å². The van der Waals surface area contributed by atoms with Crippen LogP contribution >= 0.6 is 0 Å². The van der Waals surface area contributed by atoms with Gasteiger partial charge in [0.15, 0.2) is 0 Å². The Morgan fingerprint density at radius 3 is 2.03 bits per heavy atom. The average Bonchev–Trinajstić information content (AvgIpc) is 2.80. The van der Waals surface area contributed by atoms with Gasteiger partial charge < -0.3 is 19.4 Å². The van der Waals surface area contributed by atoms with Crippen molar-refractivity contribution < 1.29 is 19.4 Å². The highest BCUT2D eigenvalue weighted by Crippen LogP contribution is 2.25. The van der Waals surface area contributed by atoms with E-state index in [4.69, 9.17) is 14.2 Å². The molecule has 2 aromatic carbocycles. The number of hydrogen-bond acceptors (Lipinski definition) is 5. The van der Waals surface area contributed by atoms with Crippen molar-refractivity contribution in [1.29, 1.82) is 0 Å². The van der Waals surface area contributed by atoms with Crippen molar-refractivity contribution >= 4 is 0 Å². The van der Waals surface area contributed by atoms with Crippen molar-refractivity contribution in [3.63, 3.8) is 0 Å². The summed E-state index contributed by atoms with van der Waals surface area (Å²) in [4.78, 5) is 0. The standard InChI is InChI=1S/C27H37NO4/c1-5-31-27(32-6-2)18-17-25(19-22(3)4)28(29)26(24-15-11-8-12-16-24)21-30-20-23-13-9-7-10-14-23/h7-16,22,25-27,29H,5-6,19-21H2,1-4H3/t25-,26+/m0/s1. The topological polar surface area (TPSA) is 51.2 Å². The summed E-state index contributed by atoms with van der Waals surface area (Å²) in [6.07, 6.45) is 0.105. The first-order valence-electron chi connectivity index (χ1n) is 11.4. The fraction of sp³-hybridized carbons (Fsp3) is 0.481. The number of hydroxylamine groups is 2. The molecule has 0 amide bonds. The average molecular weight is 440 g/mol. The van der Waals surface area contributed by atoms with E-state index < -0.39 is 6.29 Å². The number of ether oxygens (including phenoxy) is 3. The lowest BCUT2D eigenvalue weighted by Crippen LogP contribution is -2.38. The van der Waals surface area contributed by atoms with E-state index in [2.05, 4.69) is 25.7 Å². The zero-order valence-electron chi connectivity index (χ0n) is 19.7. The number of benzene rings is 2. The molecule has 0 radical (unpaired) electrons. The molecule has 0 spiro atoms. The molecule has 0 bridgehead atoms. The Bertz CT molecular complexity index is 795. The second-order valence-corrected chi connectivity index (χ2v) is 7.98. The van der Waals surface area contributed by atoms with Gasteiger partial charge >= 0.3 is 0 Å². The minimum absolute atomic E-state index is 0.339. The van der Waals surface area contributed by atoms with Crippen molar-refractivity contribution in [2.75, 3.05) is 19.8 Å². The van der Waals surface area contributed by atoms with Crippen LogP contribution in [0.15, 0.2) is 60.7 Å². The maximum atomic E-state index is 11.3. The Hall–Kier alpha value is -2.20. The van der Waals surface area contributed by atoms with Gasteiger partial charge in [-0.1, -0.05) is 80.4 Å². The molecule has 0 fully saturated rings. The molecule has 0 aromatic heterocycles. The molecule has 0 saturated heterocycles. The SMILES string of the molecule is CCOC(C#C[C@@H](CC(C)C)N(O)[C@H](COCc1ccccc1)c1ccccc1)OCC. The summed E-state index contributed by atoms with van der Waals surface area (Å²) < 4.78 is 17.1. The van der Waals surface area contributed by atoms with Gasteiger partial charge in [0.2, 0.25) is 6.29 Å². The molecule has 174 valence electrons. The molecule has 2 aromatic rings. The highest BCUT2D eigenvalue weighted by Gasteiger charge is 2.26. The van der Waals surface area contributed by atoms with Gasteiger partial charge in [0.1, 0.15) is 0 Å². The van der Waals surface area contributed by atoms with Crippen LogP contribution < -0.4 is 0 Å². The van der Waals surface area contributed by atoms with Crippen molar-refractivity contribution in [1.82, 2.24) is 5.06 Å². The Kier molecular flexibility index (Phi) is 12.0. The zero-order valence-corrected chi connectivity index (χ0v) is 19.7. The van der Waals surface area contributed by atoms with Gasteiger partial charge in [-0.25, -0.2) is 0 Å². The van der Waals surface area contributed by atoms with Crippen molar-refractivity contribution in [3.05, 3.63) is 71.8 Å². The number of rotatable bonds is 13. The molecule has 0 aliphatic heterocycles. The van der Waals surface area contributed by atoms with Crippen LogP contribution in [-0.2, 0) is 20.8 Å². The minimum Gasteiger partial charge on any atom is -0.375 e. The fourth-order valence-electron chi connectivity index (χ4n) is 3.36. The van der Waals surface area contributed by atoms with E-state index >= 15 is 0 Å². The number of hydrogen-bond donors (Lipinski definition) is 1. The first-order chi connectivity index (χ1) is 15.5. The lowest BCUT2D eigenvalue weighted by Gasteiger charge is -2.31. The second-order valence-electron chi connectivity index (χ2n) is 7.98. The Labute approximate surface area is 193 Å². The molecule has 1 N–H and O–H groups in total. The summed E-state index contributed by atoms with van der Waals surface area (Å²) in [5, 5.41) is 12.6. The normalized spacial score (nSPS) is 13.2. The van der Waals surface area contributed by atoms with Gasteiger partial charge in [0.05, 0.1) is 25.3 Å². The number of nitrogens with zero attached hydrogens (tertiary/aromatic N) is 1. The van der Waals surface area contributed by atoms with Crippen LogP contribution in [0.25, 0.3) is 0 Å². The maximum absolute atomic E-state index is 11.3. The molecule has 0 heterocycles. The van der Waals surface area contributed by atoms with Crippen LogP contribution in [0.4, 0.5) is 0 Å². The lowest BCUT2D eigenvalue weighted by atomic mass is 10.0. The molecular formula is C27H37NO4. The smallest absolute Gasteiger partial charge is 0.222 e. The zero-order chi connectivity index (χ0) is 23.2. The van der Waals surface area contributed by atoms with Gasteiger partial charge in [-0.2, -0.15) is 5.06 Å². The first kappa shape index (κ1) is 26.1. The quantitative estimate of drug-likeness (QED) is 0.255. The monoisotopic (exact) mass is 439 g/mol. The summed E-state index contributed by atoms with van der Waals surface area (Å²) in [5.74, 6) is 6.61. The molecule has 2 atom stereocenters. The predicted octanol–water partition coefficient (Wildman–Crippen LogP) is 5.45. The van der Waals surface area contributed by atoms with E-state index in [0.717, 1.165) is 11.1 Å². The van der Waals surface area contributed by atoms with Gasteiger partial charge in [0, 0.05) is 13.2 Å². The van der Waals surface area contributed by atoms with E-state index in [9.17, 15) is 5.21 Å². The maximum Gasteiger partial charge on any atom is 0.222 e. The summed E-state index contributed by atoms with van der Waals surface area (Å²) in [5.41, 5.74) is 2.07. The molecule has 2 rings (SSSR count). The summed E-state index contributed by atoms with van der Waals surface area (Å²) in [7, 11) is 0. The van der Waals surface area contributed by atoms with Crippen LogP contribution in [-0.4, -0.2) is 42.4 Å². The van der Waals surface area contributed by atoms with Gasteiger partial charge in [0.25, 0.3) is 0 Å². The van der Waals surface area contributed by atoms with E-state index in [1.54, 1.807) is 0 Å². The van der Waals surface area contributed by atoms with E-state index in [1.807, 2.05) is 74.5 Å². The van der Waals surface area contributed by atoms with Gasteiger partial charge in [-0.15, -0.1) is 0 Å². The predicted molar refractivity (Wildman–Crippen MR) is 127 cm³/mol. The van der Waals surface area contributed by atoms with E-state index in [0.29, 0.717) is 38.8 Å². The minimum atomic E-state index is -0.599. The Balaban J connectivity index is 2.21. The van der Waals surface area contributed by atoms with Gasteiger partial charge in [-0.3, -0.25) is 0 Å². The Morgan fingerprint density at radius 2 is 1.47 bits per heavy atom. The third-order valence-corrected chi connectivity index (χ3v) is 4.91. The first-order valence-corrected chi connectivity index (χ1v) is 11.4. The third-order valence-electron chi connectivity index (χ3n) is 4.91. The highest BCUT2D eigenvalue weighted by atomic mass is 16.7. The molecular weight excluding hydrogens is 402 g/mol. The van der Waals surface area contributed by atoms with Crippen molar-refractivity contribution in [2.45, 2.75) is 59.1 Å². The van der Waals surface area contributed by atoms with Crippen LogP contribution in [0.2, 0.25) is 0 Å². The molecule has 0 saturated carbocycles. The van der Waals surface area contributed by atoms with Crippen molar-refractivity contribution in [3.8, 4) is 11.8 Å². The van der Waals surface area contributed by atoms with Crippen LogP contribution in [0.3, 0.4) is 0 Å². The largest absolute Gasteiger partial charge is 0.375 e. The van der Waals surface area contributed by atoms with E-state index in [1.165, 1.54) is 5.06 Å². The molecule has 0 aliphatic carbocycles. The molecule has 32 heavy (non-hydrogen) atoms. The highest BCUT2D eigenvalue weighted by molar-refractivity contribution is 5.21. The molecule has 0 aliphatic rings. The summed E-state index contributed by atoms with van der Waals surface area (Å²) >= 11 is 0. The van der Waals surface area contributed by atoms with Crippen LogP contribution in [0.5, 0.6) is 0 Å². The van der Waals surface area contributed by atoms with Crippen LogP contribution in [0.1, 0.15) is 51.3 Å². The fourth-order valence-corrected chi connectivity index (χ4v) is 3.36. The molecule has 0 unspecified atom stereocenters. The Morgan fingerprint density at radius 1 is 0.875 bits per heavy atom. The summed E-state index contributed by atoms with van der Waals surface area (Å²) in [6, 6.07) is 19.2.